The van der Waals surface area contributed by atoms with Gasteiger partial charge in [0.05, 0.1) is 22.5 Å². The van der Waals surface area contributed by atoms with Crippen LogP contribution in [0.3, 0.4) is 0 Å². The number of fused-ring (bicyclic) bond motifs is 2. The molecule has 0 radical (unpaired) electrons. The summed E-state index contributed by atoms with van der Waals surface area (Å²) in [5, 5.41) is 5.12. The van der Waals surface area contributed by atoms with E-state index in [0.717, 1.165) is 38.9 Å². The van der Waals surface area contributed by atoms with Gasteiger partial charge in [-0.1, -0.05) is 72.8 Å². The Hall–Kier alpha value is -4.97. The number of nitrogens with one attached hydrogen (secondary N) is 1. The van der Waals surface area contributed by atoms with Crippen molar-refractivity contribution in [2.75, 3.05) is 6.79 Å². The molecule has 1 aromatic heterocycles. The van der Waals surface area contributed by atoms with Crippen molar-refractivity contribution in [3.05, 3.63) is 114 Å². The van der Waals surface area contributed by atoms with Crippen LogP contribution < -0.4 is 14.9 Å². The van der Waals surface area contributed by atoms with Crippen molar-refractivity contribution < 1.29 is 14.3 Å². The maximum absolute atomic E-state index is 13.3. The van der Waals surface area contributed by atoms with Gasteiger partial charge >= 0.3 is 0 Å². The zero-order valence-corrected chi connectivity index (χ0v) is 20.1. The van der Waals surface area contributed by atoms with Crippen LogP contribution in [0.2, 0.25) is 0 Å². The first-order valence-corrected chi connectivity index (χ1v) is 12.0. The molecule has 37 heavy (non-hydrogen) atoms. The smallest absolute Gasteiger partial charge is 0.272 e. The maximum atomic E-state index is 13.3. The van der Waals surface area contributed by atoms with Crippen LogP contribution in [0.4, 0.5) is 0 Å². The second kappa shape index (κ2) is 9.59. The van der Waals surface area contributed by atoms with E-state index in [9.17, 15) is 4.79 Å². The summed E-state index contributed by atoms with van der Waals surface area (Å²) < 4.78 is 10.8. The molecule has 0 unspecified atom stereocenters. The minimum atomic E-state index is -0.305. The molecule has 0 bridgehead atoms. The van der Waals surface area contributed by atoms with Gasteiger partial charge < -0.3 is 9.47 Å². The van der Waals surface area contributed by atoms with Gasteiger partial charge in [0.25, 0.3) is 5.91 Å². The Kier molecular flexibility index (Phi) is 5.83. The monoisotopic (exact) mass is 485 g/mol. The largest absolute Gasteiger partial charge is 0.454 e. The lowest BCUT2D eigenvalue weighted by Crippen LogP contribution is -2.20. The predicted molar refractivity (Wildman–Crippen MR) is 145 cm³/mol. The number of rotatable bonds is 5. The second-order valence-electron chi connectivity index (χ2n) is 8.72. The summed E-state index contributed by atoms with van der Waals surface area (Å²) in [5.41, 5.74) is 9.38. The van der Waals surface area contributed by atoms with E-state index in [2.05, 4.69) is 34.8 Å². The summed E-state index contributed by atoms with van der Waals surface area (Å²) in [6, 6.07) is 33.4. The van der Waals surface area contributed by atoms with E-state index >= 15 is 0 Å². The molecule has 6 rings (SSSR count). The predicted octanol–water partition coefficient (Wildman–Crippen LogP) is 6.45. The van der Waals surface area contributed by atoms with E-state index in [1.807, 2.05) is 85.8 Å². The van der Waals surface area contributed by atoms with Crippen molar-refractivity contribution in [3.63, 3.8) is 0 Å². The van der Waals surface area contributed by atoms with Crippen molar-refractivity contribution in [2.24, 2.45) is 5.10 Å². The summed E-state index contributed by atoms with van der Waals surface area (Å²) in [4.78, 5) is 18.1. The van der Waals surface area contributed by atoms with E-state index in [1.54, 1.807) is 0 Å². The Morgan fingerprint density at radius 3 is 2.32 bits per heavy atom. The lowest BCUT2D eigenvalue weighted by Gasteiger charge is -2.10. The molecule has 1 amide bonds. The first-order chi connectivity index (χ1) is 18.2. The number of aromatic nitrogens is 1. The lowest BCUT2D eigenvalue weighted by atomic mass is 10.0. The molecule has 180 valence electrons. The van der Waals surface area contributed by atoms with Gasteiger partial charge in [-0.3, -0.25) is 4.79 Å². The highest BCUT2D eigenvalue weighted by atomic mass is 16.7. The minimum Gasteiger partial charge on any atom is -0.454 e. The normalized spacial score (nSPS) is 12.5. The lowest BCUT2D eigenvalue weighted by molar-refractivity contribution is 0.0956. The highest BCUT2D eigenvalue weighted by Gasteiger charge is 2.16. The van der Waals surface area contributed by atoms with Gasteiger partial charge in [0, 0.05) is 16.5 Å². The average Bonchev–Trinajstić information content (AvgIpc) is 3.44. The highest BCUT2D eigenvalue weighted by molar-refractivity contribution is 6.08. The molecule has 1 aliphatic heterocycles. The van der Waals surface area contributed by atoms with Crippen LogP contribution >= 0.6 is 0 Å². The first-order valence-electron chi connectivity index (χ1n) is 12.0. The summed E-state index contributed by atoms with van der Waals surface area (Å²) in [6.45, 7) is 2.04. The summed E-state index contributed by atoms with van der Waals surface area (Å²) >= 11 is 0. The number of hydrogen-bond acceptors (Lipinski definition) is 5. The van der Waals surface area contributed by atoms with Crippen LogP contribution in [-0.4, -0.2) is 23.4 Å². The van der Waals surface area contributed by atoms with Crippen LogP contribution in [0, 0.1) is 0 Å². The third kappa shape index (κ3) is 4.52. The van der Waals surface area contributed by atoms with Crippen LogP contribution in [0.1, 0.15) is 22.8 Å². The molecule has 1 aliphatic rings. The molecule has 0 saturated heterocycles. The third-order valence-corrected chi connectivity index (χ3v) is 6.36. The Morgan fingerprint density at radius 2 is 1.49 bits per heavy atom. The van der Waals surface area contributed by atoms with Gasteiger partial charge in [-0.15, -0.1) is 0 Å². The average molecular weight is 486 g/mol. The van der Waals surface area contributed by atoms with Crippen LogP contribution in [-0.2, 0) is 0 Å². The molecule has 4 aromatic carbocycles. The number of carbonyl (C=O) groups excluding carboxylic acids is 1. The summed E-state index contributed by atoms with van der Waals surface area (Å²) in [5.74, 6) is 1.07. The van der Waals surface area contributed by atoms with Gasteiger partial charge in [-0.05, 0) is 48.4 Å². The van der Waals surface area contributed by atoms with Crippen molar-refractivity contribution in [2.45, 2.75) is 6.92 Å². The summed E-state index contributed by atoms with van der Waals surface area (Å²) in [6.07, 6.45) is 0. The first kappa shape index (κ1) is 22.5. The van der Waals surface area contributed by atoms with E-state index in [-0.39, 0.29) is 12.7 Å². The zero-order chi connectivity index (χ0) is 25.2. The van der Waals surface area contributed by atoms with E-state index in [1.165, 1.54) is 0 Å². The number of carbonyl (C=O) groups is 1. The van der Waals surface area contributed by atoms with Gasteiger partial charge in [0.1, 0.15) is 0 Å². The van der Waals surface area contributed by atoms with E-state index in [4.69, 9.17) is 14.5 Å². The SMILES string of the molecule is C/C(=N\NC(=O)c1cc(-c2ccc(-c3ccccc3)cc2)nc2ccccc12)c1ccc2c(c1)OCO2. The van der Waals surface area contributed by atoms with Crippen molar-refractivity contribution in [3.8, 4) is 33.9 Å². The van der Waals surface area contributed by atoms with Crippen LogP contribution in [0.5, 0.6) is 11.5 Å². The fraction of sp³-hybridized carbons (Fsp3) is 0.0645. The number of pyridine rings is 1. The molecule has 0 aliphatic carbocycles. The number of amides is 1. The number of para-hydroxylation sites is 1. The maximum Gasteiger partial charge on any atom is 0.272 e. The van der Waals surface area contributed by atoms with Gasteiger partial charge in [0.15, 0.2) is 11.5 Å². The second-order valence-corrected chi connectivity index (χ2v) is 8.72. The van der Waals surface area contributed by atoms with Crippen molar-refractivity contribution >= 4 is 22.5 Å². The molecule has 0 spiro atoms. The van der Waals surface area contributed by atoms with E-state index in [0.29, 0.717) is 22.8 Å². The summed E-state index contributed by atoms with van der Waals surface area (Å²) in [7, 11) is 0. The molecule has 5 aromatic rings. The Bertz CT molecular complexity index is 1640. The quantitative estimate of drug-likeness (QED) is 0.229. The third-order valence-electron chi connectivity index (χ3n) is 6.36. The number of nitrogens with zero attached hydrogens (tertiary/aromatic N) is 2. The standard InChI is InChI=1S/C31H23N3O3/c1-20(24-15-16-29-30(17-24)37-19-36-29)33-34-31(35)26-18-28(32-27-10-6-5-9-25(26)27)23-13-11-22(12-14-23)21-7-3-2-4-8-21/h2-18H,19H2,1H3,(H,34,35)/b33-20+. The molecule has 6 nitrogen and oxygen atoms in total. The van der Waals surface area contributed by atoms with Crippen LogP contribution in [0.15, 0.2) is 108 Å². The molecule has 0 saturated carbocycles. The van der Waals surface area contributed by atoms with Crippen molar-refractivity contribution in [1.82, 2.24) is 10.4 Å². The molecule has 0 fully saturated rings. The topological polar surface area (TPSA) is 72.8 Å². The molecule has 1 N–H and O–H groups in total. The number of benzene rings is 4. The van der Waals surface area contributed by atoms with Gasteiger partial charge in [-0.25, -0.2) is 10.4 Å². The number of ether oxygens (including phenoxy) is 2. The number of hydrazone groups is 1. The fourth-order valence-electron chi connectivity index (χ4n) is 4.36. The number of hydrogen-bond donors (Lipinski definition) is 1. The van der Waals surface area contributed by atoms with Crippen molar-refractivity contribution in [1.29, 1.82) is 0 Å². The molecular weight excluding hydrogens is 462 g/mol. The highest BCUT2D eigenvalue weighted by Crippen LogP contribution is 2.32. The van der Waals surface area contributed by atoms with Gasteiger partial charge in [-0.2, -0.15) is 5.10 Å². The molecule has 2 heterocycles. The van der Waals surface area contributed by atoms with Gasteiger partial charge in [0.2, 0.25) is 6.79 Å². The van der Waals surface area contributed by atoms with E-state index < -0.39 is 0 Å². The molecule has 6 heteroatoms. The van der Waals surface area contributed by atoms with Crippen LogP contribution in [0.25, 0.3) is 33.3 Å². The Balaban J connectivity index is 1.30. The zero-order valence-electron chi connectivity index (χ0n) is 20.1. The fourth-order valence-corrected chi connectivity index (χ4v) is 4.36. The molecule has 0 atom stereocenters. The Morgan fingerprint density at radius 1 is 0.784 bits per heavy atom. The molecular formula is C31H23N3O3. The minimum absolute atomic E-state index is 0.206. The Labute approximate surface area is 214 Å².